The normalized spacial score (nSPS) is 25.1. The van der Waals surface area contributed by atoms with E-state index < -0.39 is 0 Å². The molecule has 0 aliphatic heterocycles. The minimum absolute atomic E-state index is 0.481. The van der Waals surface area contributed by atoms with Crippen LogP contribution < -0.4 is 0 Å². The Kier molecular flexibility index (Phi) is 4.09. The van der Waals surface area contributed by atoms with Gasteiger partial charge in [0, 0.05) is 11.9 Å². The minimum atomic E-state index is 0.481. The molecule has 0 N–H and O–H groups in total. The summed E-state index contributed by atoms with van der Waals surface area (Å²) in [6, 6.07) is 4.50. The molecular formula is C17H27N. The van der Waals surface area contributed by atoms with Crippen LogP contribution in [0.1, 0.15) is 70.6 Å². The Bertz CT molecular complexity index is 364. The van der Waals surface area contributed by atoms with E-state index in [0.29, 0.717) is 5.41 Å². The van der Waals surface area contributed by atoms with Crippen molar-refractivity contribution in [3.63, 3.8) is 0 Å². The van der Waals surface area contributed by atoms with Crippen LogP contribution in [0.25, 0.3) is 0 Å². The molecule has 0 aromatic carbocycles. The largest absolute Gasteiger partial charge is 0.261 e. The van der Waals surface area contributed by atoms with Gasteiger partial charge in [0.05, 0.1) is 0 Å². The lowest BCUT2D eigenvalue weighted by Crippen LogP contribution is -2.25. The zero-order chi connectivity index (χ0) is 13.2. The van der Waals surface area contributed by atoms with Crippen molar-refractivity contribution in [2.75, 3.05) is 0 Å². The highest BCUT2D eigenvalue weighted by Gasteiger charge is 2.30. The third kappa shape index (κ3) is 3.13. The minimum Gasteiger partial charge on any atom is -0.261 e. The third-order valence-corrected chi connectivity index (χ3v) is 4.63. The summed E-state index contributed by atoms with van der Waals surface area (Å²) in [6.45, 7) is 9.32. The Morgan fingerprint density at radius 3 is 2.22 bits per heavy atom. The van der Waals surface area contributed by atoms with Crippen molar-refractivity contribution >= 4 is 0 Å². The first-order valence-corrected chi connectivity index (χ1v) is 7.45. The Morgan fingerprint density at radius 1 is 1.11 bits per heavy atom. The van der Waals surface area contributed by atoms with Crippen LogP contribution in [0.5, 0.6) is 0 Å². The second kappa shape index (κ2) is 5.42. The number of hydrogen-bond donors (Lipinski definition) is 0. The fourth-order valence-corrected chi connectivity index (χ4v) is 3.18. The van der Waals surface area contributed by atoms with Crippen LogP contribution in [0.4, 0.5) is 0 Å². The molecule has 0 atom stereocenters. The lowest BCUT2D eigenvalue weighted by molar-refractivity contribution is 0.169. The van der Waals surface area contributed by atoms with Crippen LogP contribution in [0, 0.1) is 11.3 Å². The van der Waals surface area contributed by atoms with Gasteiger partial charge in [0.1, 0.15) is 0 Å². The molecule has 0 bridgehead atoms. The van der Waals surface area contributed by atoms with Gasteiger partial charge in [-0.05, 0) is 61.0 Å². The van der Waals surface area contributed by atoms with Crippen molar-refractivity contribution in [1.82, 2.24) is 4.98 Å². The van der Waals surface area contributed by atoms with Crippen molar-refractivity contribution in [3.8, 4) is 0 Å². The zero-order valence-electron chi connectivity index (χ0n) is 12.4. The summed E-state index contributed by atoms with van der Waals surface area (Å²) < 4.78 is 0. The van der Waals surface area contributed by atoms with E-state index in [9.17, 15) is 0 Å². The molecule has 1 heterocycles. The fourth-order valence-electron chi connectivity index (χ4n) is 3.18. The maximum Gasteiger partial charge on any atom is 0.0401 e. The predicted octanol–water partition coefficient (Wildman–Crippen LogP) is 4.96. The smallest absolute Gasteiger partial charge is 0.0401 e. The lowest BCUT2D eigenvalue weighted by Gasteiger charge is -2.37. The quantitative estimate of drug-likeness (QED) is 0.717. The van der Waals surface area contributed by atoms with E-state index in [2.05, 4.69) is 51.0 Å². The van der Waals surface area contributed by atoms with E-state index in [0.717, 1.165) is 18.3 Å². The standard InChI is InChI=1S/C17H27N/c1-5-16-11-8-14(12-18-16)13-6-9-15(10-7-13)17(2,3)4/h8,11-13,15H,5-7,9-10H2,1-4H3/t13-,15-. The zero-order valence-corrected chi connectivity index (χ0v) is 12.4. The number of aromatic nitrogens is 1. The molecule has 1 heteroatoms. The number of pyridine rings is 1. The van der Waals surface area contributed by atoms with E-state index in [-0.39, 0.29) is 0 Å². The molecule has 1 aliphatic carbocycles. The van der Waals surface area contributed by atoms with E-state index in [4.69, 9.17) is 0 Å². The molecule has 0 amide bonds. The molecule has 0 radical (unpaired) electrons. The molecule has 1 nitrogen and oxygen atoms in total. The number of aryl methyl sites for hydroxylation is 1. The maximum atomic E-state index is 4.54. The molecule has 1 fully saturated rings. The van der Waals surface area contributed by atoms with Gasteiger partial charge in [0.2, 0.25) is 0 Å². The van der Waals surface area contributed by atoms with Gasteiger partial charge in [0.15, 0.2) is 0 Å². The van der Waals surface area contributed by atoms with Crippen LogP contribution in [0.15, 0.2) is 18.3 Å². The first-order chi connectivity index (χ1) is 8.50. The molecule has 0 spiro atoms. The van der Waals surface area contributed by atoms with Gasteiger partial charge < -0.3 is 0 Å². The van der Waals surface area contributed by atoms with Crippen LogP contribution in [-0.4, -0.2) is 4.98 Å². The predicted molar refractivity (Wildman–Crippen MR) is 77.8 cm³/mol. The summed E-state index contributed by atoms with van der Waals surface area (Å²) in [4.78, 5) is 4.54. The molecule has 1 aromatic heterocycles. The van der Waals surface area contributed by atoms with Gasteiger partial charge in [-0.3, -0.25) is 4.98 Å². The summed E-state index contributed by atoms with van der Waals surface area (Å²) in [5.41, 5.74) is 3.15. The van der Waals surface area contributed by atoms with Crippen molar-refractivity contribution < 1.29 is 0 Å². The lowest BCUT2D eigenvalue weighted by atomic mass is 9.69. The molecule has 1 aromatic rings. The molecule has 100 valence electrons. The highest BCUT2D eigenvalue weighted by Crippen LogP contribution is 2.42. The average Bonchev–Trinajstić information content (AvgIpc) is 2.38. The summed E-state index contributed by atoms with van der Waals surface area (Å²) in [5.74, 6) is 1.65. The second-order valence-electron chi connectivity index (χ2n) is 6.85. The van der Waals surface area contributed by atoms with Gasteiger partial charge in [-0.1, -0.05) is 33.8 Å². The Balaban J connectivity index is 1.96. The Hall–Kier alpha value is -0.850. The summed E-state index contributed by atoms with van der Waals surface area (Å²) in [7, 11) is 0. The molecule has 1 aliphatic rings. The van der Waals surface area contributed by atoms with Crippen LogP contribution in [-0.2, 0) is 6.42 Å². The topological polar surface area (TPSA) is 12.9 Å². The molecule has 1 saturated carbocycles. The summed E-state index contributed by atoms with van der Waals surface area (Å²) in [5, 5.41) is 0. The monoisotopic (exact) mass is 245 g/mol. The SMILES string of the molecule is CCc1ccc([C@H]2CC[C@H](C(C)(C)C)CC2)cn1. The fraction of sp³-hybridized carbons (Fsp3) is 0.706. The number of rotatable bonds is 2. The molecule has 0 saturated heterocycles. The van der Waals surface area contributed by atoms with E-state index in [1.165, 1.54) is 36.9 Å². The van der Waals surface area contributed by atoms with Crippen LogP contribution in [0.2, 0.25) is 0 Å². The number of nitrogens with zero attached hydrogens (tertiary/aromatic N) is 1. The molecule has 18 heavy (non-hydrogen) atoms. The van der Waals surface area contributed by atoms with Gasteiger partial charge in [-0.15, -0.1) is 0 Å². The van der Waals surface area contributed by atoms with E-state index >= 15 is 0 Å². The second-order valence-corrected chi connectivity index (χ2v) is 6.85. The van der Waals surface area contributed by atoms with Gasteiger partial charge in [-0.25, -0.2) is 0 Å². The van der Waals surface area contributed by atoms with Crippen molar-refractivity contribution in [2.45, 2.75) is 65.7 Å². The number of hydrogen-bond acceptors (Lipinski definition) is 1. The van der Waals surface area contributed by atoms with Crippen molar-refractivity contribution in [2.24, 2.45) is 11.3 Å². The van der Waals surface area contributed by atoms with Gasteiger partial charge in [-0.2, -0.15) is 0 Å². The highest BCUT2D eigenvalue weighted by molar-refractivity contribution is 5.19. The first-order valence-electron chi connectivity index (χ1n) is 7.45. The Labute approximate surface area is 112 Å². The van der Waals surface area contributed by atoms with Crippen molar-refractivity contribution in [1.29, 1.82) is 0 Å². The third-order valence-electron chi connectivity index (χ3n) is 4.63. The van der Waals surface area contributed by atoms with Gasteiger partial charge >= 0.3 is 0 Å². The van der Waals surface area contributed by atoms with Gasteiger partial charge in [0.25, 0.3) is 0 Å². The van der Waals surface area contributed by atoms with Crippen LogP contribution >= 0.6 is 0 Å². The maximum absolute atomic E-state index is 4.54. The van der Waals surface area contributed by atoms with E-state index in [1.807, 2.05) is 0 Å². The average molecular weight is 245 g/mol. The Morgan fingerprint density at radius 2 is 1.78 bits per heavy atom. The molecular weight excluding hydrogens is 218 g/mol. The molecule has 2 rings (SSSR count). The first kappa shape index (κ1) is 13.6. The van der Waals surface area contributed by atoms with Crippen LogP contribution in [0.3, 0.4) is 0 Å². The highest BCUT2D eigenvalue weighted by atomic mass is 14.7. The molecule has 0 unspecified atom stereocenters. The summed E-state index contributed by atoms with van der Waals surface area (Å²) >= 11 is 0. The van der Waals surface area contributed by atoms with E-state index in [1.54, 1.807) is 0 Å². The summed E-state index contributed by atoms with van der Waals surface area (Å²) in [6.07, 6.45) is 8.59. The van der Waals surface area contributed by atoms with Crippen molar-refractivity contribution in [3.05, 3.63) is 29.6 Å².